The van der Waals surface area contributed by atoms with Crippen LogP contribution in [0.5, 0.6) is 0 Å². The van der Waals surface area contributed by atoms with Crippen molar-refractivity contribution in [3.8, 4) is 10.7 Å². The number of nitrogens with two attached hydrogens (primary N) is 1. The maximum atomic E-state index is 12.9. The van der Waals surface area contributed by atoms with Gasteiger partial charge in [-0.1, -0.05) is 17.8 Å². The first-order chi connectivity index (χ1) is 14.0. The van der Waals surface area contributed by atoms with Crippen LogP contribution < -0.4 is 5.73 Å². The highest BCUT2D eigenvalue weighted by atomic mass is 32.2. The van der Waals surface area contributed by atoms with Crippen molar-refractivity contribution >= 4 is 34.8 Å². The molecular formula is C20H23N5O2S2. The number of hydrogen-bond acceptors (Lipinski definition) is 6. The number of aromatic nitrogens is 4. The van der Waals surface area contributed by atoms with Crippen LogP contribution in [0, 0.1) is 13.8 Å². The molecule has 0 bridgehead atoms. The van der Waals surface area contributed by atoms with Gasteiger partial charge in [0.2, 0.25) is 5.91 Å². The summed E-state index contributed by atoms with van der Waals surface area (Å²) in [5, 5.41) is 11.2. The Hall–Kier alpha value is -2.39. The van der Waals surface area contributed by atoms with E-state index in [0.717, 1.165) is 21.8 Å². The predicted octanol–water partition coefficient (Wildman–Crippen LogP) is 3.61. The molecule has 3 aromatic heterocycles. The first-order valence-electron chi connectivity index (χ1n) is 9.55. The molecule has 3 aromatic rings. The van der Waals surface area contributed by atoms with E-state index < -0.39 is 0 Å². The molecule has 1 amide bonds. The number of hydrogen-bond donors (Lipinski definition) is 1. The van der Waals surface area contributed by atoms with Crippen molar-refractivity contribution < 1.29 is 9.59 Å². The van der Waals surface area contributed by atoms with E-state index in [4.69, 9.17) is 5.73 Å². The number of primary amides is 1. The van der Waals surface area contributed by atoms with E-state index in [9.17, 15) is 9.59 Å². The second-order valence-corrected chi connectivity index (χ2v) is 9.14. The molecule has 0 aromatic carbocycles. The third-order valence-corrected chi connectivity index (χ3v) is 6.90. The summed E-state index contributed by atoms with van der Waals surface area (Å²) in [4.78, 5) is 25.2. The molecule has 0 spiro atoms. The van der Waals surface area contributed by atoms with Crippen molar-refractivity contribution in [2.24, 2.45) is 5.73 Å². The van der Waals surface area contributed by atoms with Crippen molar-refractivity contribution in [2.45, 2.75) is 50.9 Å². The number of aryl methyl sites for hydroxylation is 1. The van der Waals surface area contributed by atoms with Crippen molar-refractivity contribution in [1.82, 2.24) is 19.3 Å². The quantitative estimate of drug-likeness (QED) is 0.414. The Morgan fingerprint density at radius 2 is 2.10 bits per heavy atom. The third-order valence-electron chi connectivity index (χ3n) is 5.07. The summed E-state index contributed by atoms with van der Waals surface area (Å²) in [5.74, 6) is 0.671. The topological polar surface area (TPSA) is 95.8 Å². The van der Waals surface area contributed by atoms with Crippen LogP contribution in [0.4, 0.5) is 0 Å². The number of Topliss-reactive ketones (excluding diaryl/α,β-unsaturated/α-hetero) is 1. The molecule has 0 atom stereocenters. The minimum Gasteiger partial charge on any atom is -0.370 e. The molecule has 7 nitrogen and oxygen atoms in total. The van der Waals surface area contributed by atoms with Crippen LogP contribution in [0.3, 0.4) is 0 Å². The van der Waals surface area contributed by atoms with Crippen LogP contribution in [0.2, 0.25) is 0 Å². The second kappa shape index (κ2) is 8.16. The highest BCUT2D eigenvalue weighted by molar-refractivity contribution is 7.99. The lowest BCUT2D eigenvalue weighted by Crippen LogP contribution is -2.15. The largest absolute Gasteiger partial charge is 0.370 e. The number of ketones is 1. The fourth-order valence-electron chi connectivity index (χ4n) is 3.57. The number of amides is 1. The number of carbonyl (C=O) groups is 2. The zero-order valence-corrected chi connectivity index (χ0v) is 18.1. The average molecular weight is 430 g/mol. The molecule has 4 rings (SSSR count). The number of nitrogens with zero attached hydrogens (tertiary/aromatic N) is 4. The normalized spacial score (nSPS) is 13.7. The van der Waals surface area contributed by atoms with Gasteiger partial charge in [-0.05, 0) is 44.2 Å². The van der Waals surface area contributed by atoms with Crippen LogP contribution in [0.15, 0.2) is 28.7 Å². The fraction of sp³-hybridized carbons (Fsp3) is 0.400. The minimum atomic E-state index is -0.379. The highest BCUT2D eigenvalue weighted by Gasteiger charge is 2.28. The van der Waals surface area contributed by atoms with Crippen LogP contribution in [0.1, 0.15) is 47.1 Å². The van der Waals surface area contributed by atoms with Gasteiger partial charge in [0.15, 0.2) is 16.8 Å². The van der Waals surface area contributed by atoms with Gasteiger partial charge >= 0.3 is 0 Å². The molecule has 152 valence electrons. The summed E-state index contributed by atoms with van der Waals surface area (Å²) in [5.41, 5.74) is 8.30. The summed E-state index contributed by atoms with van der Waals surface area (Å²) in [6, 6.07) is 6.45. The van der Waals surface area contributed by atoms with Gasteiger partial charge in [-0.15, -0.1) is 21.5 Å². The smallest absolute Gasteiger partial charge is 0.219 e. The Bertz CT molecular complexity index is 1050. The molecule has 3 heterocycles. The second-order valence-electron chi connectivity index (χ2n) is 7.25. The molecule has 1 aliphatic carbocycles. The lowest BCUT2D eigenvalue weighted by Gasteiger charge is -2.09. The van der Waals surface area contributed by atoms with Gasteiger partial charge in [-0.25, -0.2) is 0 Å². The average Bonchev–Trinajstić information content (AvgIpc) is 3.10. The molecule has 0 radical (unpaired) electrons. The molecule has 29 heavy (non-hydrogen) atoms. The minimum absolute atomic E-state index is 0.0807. The predicted molar refractivity (Wildman–Crippen MR) is 114 cm³/mol. The Balaban J connectivity index is 1.53. The monoisotopic (exact) mass is 429 g/mol. The molecule has 0 saturated heterocycles. The van der Waals surface area contributed by atoms with Gasteiger partial charge in [-0.3, -0.25) is 9.59 Å². The van der Waals surface area contributed by atoms with Gasteiger partial charge in [-0.2, -0.15) is 0 Å². The number of thioether (sulfide) groups is 1. The van der Waals surface area contributed by atoms with Crippen molar-refractivity contribution in [1.29, 1.82) is 0 Å². The molecule has 1 aliphatic rings. The fourth-order valence-corrected chi connectivity index (χ4v) is 5.13. The van der Waals surface area contributed by atoms with E-state index in [1.807, 2.05) is 35.1 Å². The van der Waals surface area contributed by atoms with Gasteiger partial charge in [0.05, 0.1) is 10.6 Å². The van der Waals surface area contributed by atoms with Crippen molar-refractivity contribution in [3.63, 3.8) is 0 Å². The Kier molecular flexibility index (Phi) is 5.60. The van der Waals surface area contributed by atoms with E-state index in [2.05, 4.69) is 21.7 Å². The first kappa shape index (κ1) is 19.9. The van der Waals surface area contributed by atoms with Crippen molar-refractivity contribution in [2.75, 3.05) is 5.75 Å². The Labute approximate surface area is 177 Å². The van der Waals surface area contributed by atoms with E-state index in [1.165, 1.54) is 24.6 Å². The zero-order chi connectivity index (χ0) is 20.5. The van der Waals surface area contributed by atoms with Crippen LogP contribution >= 0.6 is 23.1 Å². The summed E-state index contributed by atoms with van der Waals surface area (Å²) >= 11 is 2.91. The maximum Gasteiger partial charge on any atom is 0.219 e. The summed E-state index contributed by atoms with van der Waals surface area (Å²) in [6.45, 7) is 4.47. The molecule has 1 fully saturated rings. The van der Waals surface area contributed by atoms with Gasteiger partial charge < -0.3 is 14.9 Å². The third kappa shape index (κ3) is 4.16. The SMILES string of the molecule is Cc1cc(C(=O)CSc2nnc(-c3cccs3)n2CCC(N)=O)c(C)n1C1CC1. The molecule has 9 heteroatoms. The molecule has 1 saturated carbocycles. The molecule has 0 unspecified atom stereocenters. The van der Waals surface area contributed by atoms with Gasteiger partial charge in [0, 0.05) is 36.0 Å². The summed E-state index contributed by atoms with van der Waals surface area (Å²) in [6.07, 6.45) is 2.57. The maximum absolute atomic E-state index is 12.9. The molecular weight excluding hydrogens is 406 g/mol. The van der Waals surface area contributed by atoms with Gasteiger partial charge in [0.25, 0.3) is 0 Å². The van der Waals surface area contributed by atoms with Gasteiger partial charge in [0.1, 0.15) is 0 Å². The first-order valence-corrected chi connectivity index (χ1v) is 11.4. The zero-order valence-electron chi connectivity index (χ0n) is 16.4. The van der Waals surface area contributed by atoms with E-state index in [1.54, 1.807) is 11.3 Å². The highest BCUT2D eigenvalue weighted by Crippen LogP contribution is 2.38. The lowest BCUT2D eigenvalue weighted by atomic mass is 10.2. The van der Waals surface area contributed by atoms with E-state index in [0.29, 0.717) is 23.6 Å². The van der Waals surface area contributed by atoms with E-state index >= 15 is 0 Å². The van der Waals surface area contributed by atoms with Crippen LogP contribution in [-0.2, 0) is 11.3 Å². The number of carbonyl (C=O) groups excluding carboxylic acids is 2. The lowest BCUT2D eigenvalue weighted by molar-refractivity contribution is -0.118. The summed E-state index contributed by atoms with van der Waals surface area (Å²) < 4.78 is 4.16. The number of thiophene rings is 1. The Morgan fingerprint density at radius 1 is 1.31 bits per heavy atom. The molecule has 2 N–H and O–H groups in total. The Morgan fingerprint density at radius 3 is 2.76 bits per heavy atom. The van der Waals surface area contributed by atoms with Crippen molar-refractivity contribution in [3.05, 3.63) is 40.5 Å². The van der Waals surface area contributed by atoms with Crippen LogP contribution in [-0.4, -0.2) is 36.8 Å². The van der Waals surface area contributed by atoms with Crippen LogP contribution in [0.25, 0.3) is 10.7 Å². The van der Waals surface area contributed by atoms with E-state index in [-0.39, 0.29) is 23.9 Å². The molecule has 0 aliphatic heterocycles. The standard InChI is InChI=1S/C20H23N5O2S2/c1-12-10-15(13(2)25(12)14-5-6-14)16(26)11-29-20-23-22-19(17-4-3-9-28-17)24(20)8-7-18(21)27/h3-4,9-10,14H,5-8,11H2,1-2H3,(H2,21,27). The summed E-state index contributed by atoms with van der Waals surface area (Å²) in [7, 11) is 0. The number of rotatable bonds is 9.